The van der Waals surface area contributed by atoms with Crippen LogP contribution in [-0.4, -0.2) is 39.8 Å². The van der Waals surface area contributed by atoms with E-state index >= 15 is 0 Å². The summed E-state index contributed by atoms with van der Waals surface area (Å²) >= 11 is 5.93. The number of anilines is 1. The summed E-state index contributed by atoms with van der Waals surface area (Å²) < 4.78 is 34.6. The molecule has 0 spiro atoms. The van der Waals surface area contributed by atoms with Crippen LogP contribution in [0.4, 0.5) is 5.69 Å². The number of benzene rings is 4. The number of nitrogens with one attached hydrogen (secondary N) is 3. The van der Waals surface area contributed by atoms with Crippen LogP contribution in [0, 0.1) is 0 Å². The van der Waals surface area contributed by atoms with Gasteiger partial charge in [-0.1, -0.05) is 48.0 Å². The van der Waals surface area contributed by atoms with E-state index < -0.39 is 10.0 Å². The van der Waals surface area contributed by atoms with E-state index in [9.17, 15) is 13.2 Å². The molecular formula is C30H27ClN4O4S. The van der Waals surface area contributed by atoms with Gasteiger partial charge in [-0.2, -0.15) is 0 Å². The summed E-state index contributed by atoms with van der Waals surface area (Å²) in [5.74, 6) is 1.48. The molecule has 0 aromatic heterocycles. The molecule has 0 aliphatic carbocycles. The number of halogens is 1. The highest BCUT2D eigenvalue weighted by atomic mass is 35.5. The van der Waals surface area contributed by atoms with Crippen molar-refractivity contribution in [3.05, 3.63) is 119 Å². The van der Waals surface area contributed by atoms with E-state index in [1.54, 1.807) is 48.5 Å². The number of rotatable bonds is 10. The molecular weight excluding hydrogens is 548 g/mol. The Balaban J connectivity index is 1.17. The van der Waals surface area contributed by atoms with E-state index in [0.29, 0.717) is 35.1 Å². The predicted octanol–water partition coefficient (Wildman–Crippen LogP) is 5.26. The van der Waals surface area contributed by atoms with Crippen molar-refractivity contribution in [2.75, 3.05) is 24.4 Å². The summed E-state index contributed by atoms with van der Waals surface area (Å²) in [6.07, 6.45) is 0.666. The first-order valence-corrected chi connectivity index (χ1v) is 14.5. The fourth-order valence-corrected chi connectivity index (χ4v) is 5.30. The number of hydrogen-bond acceptors (Lipinski definition) is 6. The number of carbonyl (C=O) groups excluding carboxylic acids is 1. The van der Waals surface area contributed by atoms with E-state index in [1.165, 1.54) is 24.3 Å². The topological polar surface area (TPSA) is 109 Å². The highest BCUT2D eigenvalue weighted by molar-refractivity contribution is 7.92. The molecule has 10 heteroatoms. The summed E-state index contributed by atoms with van der Waals surface area (Å²) in [4.78, 5) is 17.1. The van der Waals surface area contributed by atoms with Gasteiger partial charge in [0.2, 0.25) is 0 Å². The molecule has 40 heavy (non-hydrogen) atoms. The quantitative estimate of drug-likeness (QED) is 0.239. The largest absolute Gasteiger partial charge is 0.455 e. The highest BCUT2D eigenvalue weighted by Gasteiger charge is 2.18. The molecule has 0 radical (unpaired) electrons. The first kappa shape index (κ1) is 27.2. The van der Waals surface area contributed by atoms with Gasteiger partial charge in [0.05, 0.1) is 17.1 Å². The number of amides is 1. The van der Waals surface area contributed by atoms with Crippen molar-refractivity contribution in [3.8, 4) is 11.5 Å². The van der Waals surface area contributed by atoms with Gasteiger partial charge in [-0.05, 0) is 72.6 Å². The first-order chi connectivity index (χ1) is 19.4. The SMILES string of the molecule is O=C(NCCc1ccc(C2=NCCN2)cc1)c1ccc(S(=O)(=O)Nc2ccccc2Oc2ccc(Cl)cc2)cc1. The second kappa shape index (κ2) is 12.2. The molecule has 1 aliphatic rings. The second-order valence-electron chi connectivity index (χ2n) is 9.04. The number of carbonyl (C=O) groups is 1. The number of sulfonamides is 1. The van der Waals surface area contributed by atoms with Gasteiger partial charge in [0.1, 0.15) is 11.6 Å². The zero-order valence-corrected chi connectivity index (χ0v) is 23.0. The van der Waals surface area contributed by atoms with Crippen molar-refractivity contribution in [1.82, 2.24) is 10.6 Å². The van der Waals surface area contributed by atoms with Crippen molar-refractivity contribution in [3.63, 3.8) is 0 Å². The van der Waals surface area contributed by atoms with Gasteiger partial charge in [0.15, 0.2) is 5.75 Å². The maximum atomic E-state index is 13.1. The van der Waals surface area contributed by atoms with Crippen LogP contribution in [0.15, 0.2) is 107 Å². The summed E-state index contributed by atoms with van der Waals surface area (Å²) in [6.45, 7) is 2.10. The van der Waals surface area contributed by atoms with Gasteiger partial charge in [0, 0.05) is 29.2 Å². The zero-order chi connectivity index (χ0) is 28.0. The predicted molar refractivity (Wildman–Crippen MR) is 157 cm³/mol. The van der Waals surface area contributed by atoms with Crippen LogP contribution in [0.1, 0.15) is 21.5 Å². The van der Waals surface area contributed by atoms with Gasteiger partial charge >= 0.3 is 0 Å². The number of para-hydroxylation sites is 2. The van der Waals surface area contributed by atoms with Gasteiger partial charge in [0.25, 0.3) is 15.9 Å². The van der Waals surface area contributed by atoms with Gasteiger partial charge < -0.3 is 15.4 Å². The molecule has 4 aromatic rings. The van der Waals surface area contributed by atoms with Gasteiger partial charge in [-0.3, -0.25) is 14.5 Å². The maximum absolute atomic E-state index is 13.1. The molecule has 0 saturated carbocycles. The van der Waals surface area contributed by atoms with E-state index in [1.807, 2.05) is 24.3 Å². The summed E-state index contributed by atoms with van der Waals surface area (Å²) in [5, 5.41) is 6.70. The lowest BCUT2D eigenvalue weighted by Gasteiger charge is -2.14. The fourth-order valence-electron chi connectivity index (χ4n) is 4.10. The van der Waals surface area contributed by atoms with Crippen LogP contribution in [0.25, 0.3) is 0 Å². The van der Waals surface area contributed by atoms with Gasteiger partial charge in [-0.25, -0.2) is 8.42 Å². The summed E-state index contributed by atoms with van der Waals surface area (Å²) in [6, 6.07) is 27.3. The molecule has 0 atom stereocenters. The zero-order valence-electron chi connectivity index (χ0n) is 21.4. The molecule has 3 N–H and O–H groups in total. The lowest BCUT2D eigenvalue weighted by atomic mass is 10.1. The fraction of sp³-hybridized carbons (Fsp3) is 0.133. The number of amidine groups is 1. The minimum Gasteiger partial charge on any atom is -0.455 e. The second-order valence-corrected chi connectivity index (χ2v) is 11.2. The summed E-state index contributed by atoms with van der Waals surface area (Å²) in [7, 11) is -3.94. The van der Waals surface area contributed by atoms with E-state index in [2.05, 4.69) is 20.3 Å². The minimum absolute atomic E-state index is 0.0202. The molecule has 1 heterocycles. The third-order valence-electron chi connectivity index (χ3n) is 6.20. The van der Waals surface area contributed by atoms with Crippen LogP contribution in [0.3, 0.4) is 0 Å². The van der Waals surface area contributed by atoms with Crippen molar-refractivity contribution in [2.24, 2.45) is 4.99 Å². The Bertz CT molecular complexity index is 1620. The van der Waals surface area contributed by atoms with E-state index in [4.69, 9.17) is 16.3 Å². The Morgan fingerprint density at radius 1 is 0.925 bits per heavy atom. The Hall–Kier alpha value is -4.34. The maximum Gasteiger partial charge on any atom is 0.262 e. The molecule has 0 fully saturated rings. The molecule has 8 nitrogen and oxygen atoms in total. The van der Waals surface area contributed by atoms with Crippen LogP contribution < -0.4 is 20.1 Å². The third-order valence-corrected chi connectivity index (χ3v) is 7.83. The number of nitrogens with zero attached hydrogens (tertiary/aromatic N) is 1. The average molecular weight is 575 g/mol. The lowest BCUT2D eigenvalue weighted by molar-refractivity contribution is 0.0954. The Morgan fingerprint density at radius 3 is 2.35 bits per heavy atom. The number of aliphatic imine (C=N–C) groups is 1. The molecule has 0 bridgehead atoms. The monoisotopic (exact) mass is 574 g/mol. The Morgan fingerprint density at radius 2 is 1.65 bits per heavy atom. The normalized spacial score (nSPS) is 12.8. The highest BCUT2D eigenvalue weighted by Crippen LogP contribution is 2.31. The van der Waals surface area contributed by atoms with E-state index in [0.717, 1.165) is 30.1 Å². The van der Waals surface area contributed by atoms with E-state index in [-0.39, 0.29) is 16.5 Å². The number of hydrogen-bond donors (Lipinski definition) is 3. The molecule has 4 aromatic carbocycles. The van der Waals surface area contributed by atoms with Crippen molar-refractivity contribution in [2.45, 2.75) is 11.3 Å². The molecule has 0 saturated heterocycles. The van der Waals surface area contributed by atoms with Gasteiger partial charge in [-0.15, -0.1) is 0 Å². The van der Waals surface area contributed by atoms with Crippen molar-refractivity contribution < 1.29 is 17.9 Å². The molecule has 5 rings (SSSR count). The lowest BCUT2D eigenvalue weighted by Crippen LogP contribution is -2.25. The Kier molecular flexibility index (Phi) is 8.33. The molecule has 1 aliphatic heterocycles. The van der Waals surface area contributed by atoms with Crippen LogP contribution in [0.2, 0.25) is 5.02 Å². The van der Waals surface area contributed by atoms with Crippen LogP contribution in [0.5, 0.6) is 11.5 Å². The third kappa shape index (κ3) is 6.80. The first-order valence-electron chi connectivity index (χ1n) is 12.7. The van der Waals surface area contributed by atoms with Crippen LogP contribution >= 0.6 is 11.6 Å². The average Bonchev–Trinajstić information content (AvgIpc) is 3.51. The standard InChI is InChI=1S/C30H27ClN4O4S/c31-24-11-13-25(14-12-24)39-28-4-2-1-3-27(28)35-40(37,38)26-15-9-23(10-16-26)30(36)34-18-17-21-5-7-22(8-6-21)29-32-19-20-33-29/h1-16,35H,17-20H2,(H,32,33)(H,34,36). The Labute approximate surface area is 238 Å². The molecule has 0 unspecified atom stereocenters. The number of ether oxygens (including phenoxy) is 1. The minimum atomic E-state index is -3.94. The summed E-state index contributed by atoms with van der Waals surface area (Å²) in [5.41, 5.74) is 2.79. The smallest absolute Gasteiger partial charge is 0.262 e. The molecule has 1 amide bonds. The van der Waals surface area contributed by atoms with Crippen molar-refractivity contribution >= 4 is 39.1 Å². The van der Waals surface area contributed by atoms with Crippen molar-refractivity contribution in [1.29, 1.82) is 0 Å². The van der Waals surface area contributed by atoms with Crippen LogP contribution in [-0.2, 0) is 16.4 Å². The molecule has 204 valence electrons.